The van der Waals surface area contributed by atoms with E-state index in [0.29, 0.717) is 22.6 Å². The van der Waals surface area contributed by atoms with Crippen LogP contribution >= 0.6 is 0 Å². The maximum Gasteiger partial charge on any atom is 0.338 e. The van der Waals surface area contributed by atoms with Crippen LogP contribution in [0.2, 0.25) is 0 Å². The summed E-state index contributed by atoms with van der Waals surface area (Å²) in [5.41, 5.74) is 1.15. The molecule has 0 aromatic heterocycles. The van der Waals surface area contributed by atoms with Gasteiger partial charge in [-0.2, -0.15) is 0 Å². The van der Waals surface area contributed by atoms with Crippen molar-refractivity contribution in [2.45, 2.75) is 19.4 Å². The molecule has 1 atom stereocenters. The molecule has 37 heavy (non-hydrogen) atoms. The second-order valence-electron chi connectivity index (χ2n) is 8.05. The first-order valence-corrected chi connectivity index (χ1v) is 11.3. The average molecular weight is 502 g/mol. The summed E-state index contributed by atoms with van der Waals surface area (Å²) in [6.07, 6.45) is -0.388. The van der Waals surface area contributed by atoms with Gasteiger partial charge >= 0.3 is 5.97 Å². The number of nitro groups is 1. The molecule has 0 unspecified atom stereocenters. The SMILES string of the molecule is CCOC(=O)c1ccc(NC(=O)C[C@@H]2C(=O)Nc3ccccc3N2C(=O)c2cccc([N+](=O)[O-])c2)cc1. The van der Waals surface area contributed by atoms with Crippen LogP contribution in [0.15, 0.2) is 72.8 Å². The van der Waals surface area contributed by atoms with Crippen LogP contribution in [0.25, 0.3) is 0 Å². The van der Waals surface area contributed by atoms with E-state index in [1.165, 1.54) is 47.4 Å². The minimum Gasteiger partial charge on any atom is -0.462 e. The van der Waals surface area contributed by atoms with Crippen LogP contribution in [-0.2, 0) is 14.3 Å². The van der Waals surface area contributed by atoms with Crippen molar-refractivity contribution in [1.29, 1.82) is 0 Å². The highest BCUT2D eigenvalue weighted by molar-refractivity contribution is 6.18. The van der Waals surface area contributed by atoms with Crippen LogP contribution in [-0.4, -0.2) is 41.3 Å². The minimum atomic E-state index is -1.22. The Balaban J connectivity index is 1.59. The third-order valence-electron chi connectivity index (χ3n) is 5.62. The number of ether oxygens (including phenoxy) is 1. The Bertz CT molecular complexity index is 1390. The number of nitro benzene ring substituents is 1. The van der Waals surface area contributed by atoms with Gasteiger partial charge in [-0.05, 0) is 49.4 Å². The molecule has 0 saturated carbocycles. The highest BCUT2D eigenvalue weighted by Crippen LogP contribution is 2.34. The van der Waals surface area contributed by atoms with Gasteiger partial charge in [0.25, 0.3) is 11.6 Å². The minimum absolute atomic E-state index is 0.00124. The number of nitrogens with zero attached hydrogens (tertiary/aromatic N) is 2. The first-order valence-electron chi connectivity index (χ1n) is 11.3. The number of carbonyl (C=O) groups excluding carboxylic acids is 4. The van der Waals surface area contributed by atoms with Crippen LogP contribution in [0.1, 0.15) is 34.1 Å². The van der Waals surface area contributed by atoms with Gasteiger partial charge in [0.15, 0.2) is 0 Å². The average Bonchev–Trinajstić information content (AvgIpc) is 2.89. The zero-order chi connectivity index (χ0) is 26.5. The van der Waals surface area contributed by atoms with Crippen LogP contribution in [0.5, 0.6) is 0 Å². The molecule has 3 amide bonds. The van der Waals surface area contributed by atoms with Gasteiger partial charge in [0.05, 0.1) is 34.9 Å². The van der Waals surface area contributed by atoms with Crippen LogP contribution < -0.4 is 15.5 Å². The van der Waals surface area contributed by atoms with Crippen LogP contribution in [0.3, 0.4) is 0 Å². The highest BCUT2D eigenvalue weighted by Gasteiger charge is 2.38. The number of rotatable bonds is 7. The largest absolute Gasteiger partial charge is 0.462 e. The highest BCUT2D eigenvalue weighted by atomic mass is 16.6. The Morgan fingerprint density at radius 2 is 1.76 bits per heavy atom. The second kappa shape index (κ2) is 10.7. The number of non-ortho nitro benzene ring substituents is 1. The van der Waals surface area contributed by atoms with E-state index in [4.69, 9.17) is 4.74 Å². The molecular formula is C26H22N4O7. The van der Waals surface area contributed by atoms with E-state index in [2.05, 4.69) is 10.6 Å². The lowest BCUT2D eigenvalue weighted by Gasteiger charge is -2.36. The molecule has 1 aliphatic rings. The summed E-state index contributed by atoms with van der Waals surface area (Å²) in [5.74, 6) is -2.29. The normalized spacial score (nSPS) is 14.2. The summed E-state index contributed by atoms with van der Waals surface area (Å²) in [4.78, 5) is 63.0. The summed E-state index contributed by atoms with van der Waals surface area (Å²) in [6, 6.07) is 16.6. The monoisotopic (exact) mass is 502 g/mol. The number of para-hydroxylation sites is 2. The molecular weight excluding hydrogens is 480 g/mol. The summed E-state index contributed by atoms with van der Waals surface area (Å²) < 4.78 is 4.94. The fourth-order valence-corrected chi connectivity index (χ4v) is 3.91. The fraction of sp³-hybridized carbons (Fsp3) is 0.154. The topological polar surface area (TPSA) is 148 Å². The lowest BCUT2D eigenvalue weighted by atomic mass is 10.0. The summed E-state index contributed by atoms with van der Waals surface area (Å²) >= 11 is 0. The molecule has 2 N–H and O–H groups in total. The van der Waals surface area contributed by atoms with Crippen LogP contribution in [0.4, 0.5) is 22.7 Å². The molecule has 0 spiro atoms. The number of hydrogen-bond donors (Lipinski definition) is 2. The van der Waals surface area contributed by atoms with Gasteiger partial charge in [-0.25, -0.2) is 4.79 Å². The maximum atomic E-state index is 13.5. The molecule has 3 aromatic rings. The summed E-state index contributed by atoms with van der Waals surface area (Å²) in [6.45, 7) is 1.93. The van der Waals surface area contributed by atoms with Crippen molar-refractivity contribution in [3.05, 3.63) is 94.0 Å². The quantitative estimate of drug-likeness (QED) is 0.284. The molecule has 11 heteroatoms. The molecule has 0 fully saturated rings. The molecule has 3 aromatic carbocycles. The molecule has 0 saturated heterocycles. The first-order chi connectivity index (χ1) is 17.8. The van der Waals surface area contributed by atoms with Gasteiger partial charge in [-0.3, -0.25) is 29.4 Å². The number of nitrogens with one attached hydrogen (secondary N) is 2. The predicted molar refractivity (Wildman–Crippen MR) is 134 cm³/mol. The van der Waals surface area contributed by atoms with E-state index in [9.17, 15) is 29.3 Å². The Morgan fingerprint density at radius 1 is 1.03 bits per heavy atom. The standard InChI is InChI=1S/C26H22N4O7/c1-2-37-26(34)16-10-12-18(13-11-16)27-23(31)15-22-24(32)28-20-8-3-4-9-21(20)29(22)25(33)17-6-5-7-19(14-17)30(35)36/h3-14,22H,2,15H2,1H3,(H,27,31)(H,28,32)/t22-/m1/s1. The zero-order valence-electron chi connectivity index (χ0n) is 19.7. The smallest absolute Gasteiger partial charge is 0.338 e. The molecule has 188 valence electrons. The molecule has 0 bridgehead atoms. The number of esters is 1. The third kappa shape index (κ3) is 5.45. The van der Waals surface area contributed by atoms with Crippen molar-refractivity contribution in [2.75, 3.05) is 22.1 Å². The van der Waals surface area contributed by atoms with Gasteiger partial charge in [-0.1, -0.05) is 18.2 Å². The predicted octanol–water partition coefficient (Wildman–Crippen LogP) is 3.77. The number of fused-ring (bicyclic) bond motifs is 1. The van der Waals surface area contributed by atoms with Crippen molar-refractivity contribution >= 4 is 46.4 Å². The van der Waals surface area contributed by atoms with Gasteiger partial charge < -0.3 is 15.4 Å². The van der Waals surface area contributed by atoms with Gasteiger partial charge in [0.2, 0.25) is 11.8 Å². The van der Waals surface area contributed by atoms with Crippen molar-refractivity contribution in [3.8, 4) is 0 Å². The molecule has 0 radical (unpaired) electrons. The maximum absolute atomic E-state index is 13.5. The second-order valence-corrected chi connectivity index (χ2v) is 8.05. The molecule has 1 heterocycles. The van der Waals surface area contributed by atoms with Crippen LogP contribution in [0, 0.1) is 10.1 Å². The summed E-state index contributed by atoms with van der Waals surface area (Å²) in [5, 5.41) is 16.6. The Labute approximate surface area is 211 Å². The molecule has 4 rings (SSSR count). The molecule has 1 aliphatic heterocycles. The van der Waals surface area contributed by atoms with E-state index >= 15 is 0 Å². The Hall–Kier alpha value is -5.06. The zero-order valence-corrected chi connectivity index (χ0v) is 19.7. The first kappa shape index (κ1) is 25.0. The molecule has 0 aliphatic carbocycles. The van der Waals surface area contributed by atoms with E-state index in [1.807, 2.05) is 0 Å². The molecule has 11 nitrogen and oxygen atoms in total. The third-order valence-corrected chi connectivity index (χ3v) is 5.62. The number of amides is 3. The summed E-state index contributed by atoms with van der Waals surface area (Å²) in [7, 11) is 0. The number of benzene rings is 3. The van der Waals surface area contributed by atoms with Crippen molar-refractivity contribution in [1.82, 2.24) is 0 Å². The Kier molecular flexibility index (Phi) is 7.23. The number of carbonyl (C=O) groups is 4. The van der Waals surface area contributed by atoms with Crippen molar-refractivity contribution in [3.63, 3.8) is 0 Å². The lowest BCUT2D eigenvalue weighted by Crippen LogP contribution is -2.52. The van der Waals surface area contributed by atoms with E-state index in [-0.39, 0.29) is 24.3 Å². The van der Waals surface area contributed by atoms with E-state index < -0.39 is 34.7 Å². The Morgan fingerprint density at radius 3 is 2.46 bits per heavy atom. The van der Waals surface area contributed by atoms with Crippen molar-refractivity contribution < 1.29 is 28.8 Å². The number of hydrogen-bond acceptors (Lipinski definition) is 7. The fourth-order valence-electron chi connectivity index (χ4n) is 3.91. The van der Waals surface area contributed by atoms with Gasteiger partial charge in [-0.15, -0.1) is 0 Å². The van der Waals surface area contributed by atoms with Gasteiger partial charge in [0.1, 0.15) is 6.04 Å². The van der Waals surface area contributed by atoms with E-state index in [1.54, 1.807) is 31.2 Å². The lowest BCUT2D eigenvalue weighted by molar-refractivity contribution is -0.384. The number of anilines is 3. The van der Waals surface area contributed by atoms with Crippen molar-refractivity contribution in [2.24, 2.45) is 0 Å². The van der Waals surface area contributed by atoms with Gasteiger partial charge in [0, 0.05) is 23.4 Å². The van der Waals surface area contributed by atoms with E-state index in [0.717, 1.165) is 6.07 Å².